The molecular weight excluding hydrogens is 358 g/mol. The van der Waals surface area contributed by atoms with Crippen molar-refractivity contribution in [2.45, 2.75) is 31.1 Å². The van der Waals surface area contributed by atoms with E-state index in [1.807, 2.05) is 42.5 Å². The Kier molecular flexibility index (Phi) is 5.45. The highest BCUT2D eigenvalue weighted by atomic mass is 35.5. The number of hydrogen-bond acceptors (Lipinski definition) is 3. The Morgan fingerprint density at radius 2 is 1.80 bits per heavy atom. The molecule has 1 aromatic carbocycles. The van der Waals surface area contributed by atoms with E-state index < -0.39 is 11.4 Å². The quantitative estimate of drug-likeness (QED) is 0.857. The van der Waals surface area contributed by atoms with Crippen molar-refractivity contribution < 1.29 is 14.7 Å². The molecule has 2 aromatic rings. The van der Waals surface area contributed by atoms with E-state index in [1.165, 1.54) is 11.3 Å². The van der Waals surface area contributed by atoms with Gasteiger partial charge in [-0.15, -0.1) is 11.3 Å². The number of likely N-dealkylation sites (tertiary alicyclic amines) is 1. The molecule has 0 atom stereocenters. The number of thiophene rings is 1. The molecular formula is C19H20ClNO3S. The molecule has 1 aliphatic rings. The zero-order chi connectivity index (χ0) is 17.9. The molecule has 4 nitrogen and oxygen atoms in total. The number of benzene rings is 1. The summed E-state index contributed by atoms with van der Waals surface area (Å²) in [6, 6.07) is 13.1. The van der Waals surface area contributed by atoms with Gasteiger partial charge in [0.25, 0.3) is 0 Å². The highest BCUT2D eigenvalue weighted by molar-refractivity contribution is 7.16. The molecule has 1 saturated heterocycles. The predicted molar refractivity (Wildman–Crippen MR) is 99.2 cm³/mol. The molecule has 3 rings (SSSR count). The normalized spacial score (nSPS) is 16.6. The van der Waals surface area contributed by atoms with E-state index in [-0.39, 0.29) is 5.91 Å². The van der Waals surface area contributed by atoms with E-state index >= 15 is 0 Å². The predicted octanol–water partition coefficient (Wildman–Crippen LogP) is 3.98. The fraction of sp³-hybridized carbons (Fsp3) is 0.368. The lowest BCUT2D eigenvalue weighted by Crippen LogP contribution is -2.49. The fourth-order valence-electron chi connectivity index (χ4n) is 3.40. The molecule has 0 unspecified atom stereocenters. The maximum Gasteiger partial charge on any atom is 0.314 e. The first-order valence-electron chi connectivity index (χ1n) is 8.32. The number of amides is 1. The van der Waals surface area contributed by atoms with E-state index in [2.05, 4.69) is 0 Å². The molecule has 6 heteroatoms. The van der Waals surface area contributed by atoms with E-state index in [0.717, 1.165) is 14.8 Å². The van der Waals surface area contributed by atoms with Gasteiger partial charge in [0.05, 0.1) is 9.75 Å². The van der Waals surface area contributed by atoms with Crippen LogP contribution in [0.1, 0.15) is 29.7 Å². The van der Waals surface area contributed by atoms with Crippen LogP contribution < -0.4 is 0 Å². The van der Waals surface area contributed by atoms with Crippen LogP contribution in [-0.2, 0) is 21.4 Å². The van der Waals surface area contributed by atoms with Crippen molar-refractivity contribution in [1.29, 1.82) is 0 Å². The van der Waals surface area contributed by atoms with Crippen LogP contribution in [0.25, 0.3) is 0 Å². The minimum absolute atomic E-state index is 0.0802. The molecule has 1 aliphatic heterocycles. The average Bonchev–Trinajstić information content (AvgIpc) is 3.05. The highest BCUT2D eigenvalue weighted by Gasteiger charge is 2.43. The first-order chi connectivity index (χ1) is 12.0. The molecule has 1 N–H and O–H groups in total. The third kappa shape index (κ3) is 3.88. The molecule has 0 radical (unpaired) electrons. The number of carbonyl (C=O) groups is 2. The van der Waals surface area contributed by atoms with Crippen LogP contribution in [-0.4, -0.2) is 35.0 Å². The zero-order valence-corrected chi connectivity index (χ0v) is 15.4. The van der Waals surface area contributed by atoms with E-state index in [1.54, 1.807) is 4.90 Å². The van der Waals surface area contributed by atoms with Crippen LogP contribution in [0.15, 0.2) is 42.5 Å². The Bertz CT molecular complexity index is 751. The molecule has 0 bridgehead atoms. The number of halogens is 1. The minimum Gasteiger partial charge on any atom is -0.481 e. The molecule has 1 fully saturated rings. The van der Waals surface area contributed by atoms with Crippen LogP contribution in [0, 0.1) is 0 Å². The number of carbonyl (C=O) groups excluding carboxylic acids is 1. The van der Waals surface area contributed by atoms with Gasteiger partial charge in [0.15, 0.2) is 0 Å². The van der Waals surface area contributed by atoms with Gasteiger partial charge in [-0.25, -0.2) is 0 Å². The van der Waals surface area contributed by atoms with Crippen LogP contribution in [0.2, 0.25) is 4.34 Å². The molecule has 1 aromatic heterocycles. The smallest absolute Gasteiger partial charge is 0.314 e. The topological polar surface area (TPSA) is 57.6 Å². The summed E-state index contributed by atoms with van der Waals surface area (Å²) in [7, 11) is 0. The zero-order valence-electron chi connectivity index (χ0n) is 13.8. The summed E-state index contributed by atoms with van der Waals surface area (Å²) in [6.07, 6.45) is 2.00. The van der Waals surface area contributed by atoms with Gasteiger partial charge in [-0.3, -0.25) is 9.59 Å². The maximum atomic E-state index is 12.4. The van der Waals surface area contributed by atoms with Gasteiger partial charge >= 0.3 is 5.97 Å². The second kappa shape index (κ2) is 7.58. The summed E-state index contributed by atoms with van der Waals surface area (Å²) in [4.78, 5) is 27.3. The second-order valence-corrected chi connectivity index (χ2v) is 8.14. The average molecular weight is 378 g/mol. The summed E-state index contributed by atoms with van der Waals surface area (Å²) in [5, 5.41) is 9.81. The number of carboxylic acids is 1. The first-order valence-corrected chi connectivity index (χ1v) is 9.52. The molecule has 1 amide bonds. The number of carboxylic acid groups (broad SMARTS) is 1. The third-order valence-corrected chi connectivity index (χ3v) is 6.21. The second-order valence-electron chi connectivity index (χ2n) is 6.34. The van der Waals surface area contributed by atoms with Gasteiger partial charge < -0.3 is 10.0 Å². The Balaban J connectivity index is 1.61. The third-order valence-electron chi connectivity index (χ3n) is 4.92. The Morgan fingerprint density at radius 3 is 2.36 bits per heavy atom. The summed E-state index contributed by atoms with van der Waals surface area (Å²) in [5.74, 6) is -0.726. The molecule has 2 heterocycles. The van der Waals surface area contributed by atoms with Gasteiger partial charge in [-0.1, -0.05) is 41.9 Å². The lowest BCUT2D eigenvalue weighted by Gasteiger charge is -2.39. The number of hydrogen-bond donors (Lipinski definition) is 1. The number of rotatable bonds is 5. The van der Waals surface area contributed by atoms with Crippen molar-refractivity contribution in [2.75, 3.05) is 13.1 Å². The Hall–Kier alpha value is -1.85. The monoisotopic (exact) mass is 377 g/mol. The maximum absolute atomic E-state index is 12.4. The lowest BCUT2D eigenvalue weighted by molar-refractivity contribution is -0.148. The Morgan fingerprint density at radius 1 is 1.12 bits per heavy atom. The number of nitrogens with zero attached hydrogens (tertiary/aromatic N) is 1. The number of piperidine rings is 1. The molecule has 0 saturated carbocycles. The van der Waals surface area contributed by atoms with Gasteiger partial charge in [0, 0.05) is 24.4 Å². The van der Waals surface area contributed by atoms with E-state index in [0.29, 0.717) is 38.8 Å². The summed E-state index contributed by atoms with van der Waals surface area (Å²) in [6.45, 7) is 0.955. The largest absolute Gasteiger partial charge is 0.481 e. The van der Waals surface area contributed by atoms with Gasteiger partial charge in [-0.05, 0) is 37.0 Å². The minimum atomic E-state index is -0.890. The van der Waals surface area contributed by atoms with E-state index in [9.17, 15) is 14.7 Å². The molecule has 25 heavy (non-hydrogen) atoms. The van der Waals surface area contributed by atoms with Crippen LogP contribution in [0.5, 0.6) is 0 Å². The van der Waals surface area contributed by atoms with Gasteiger partial charge in [0.2, 0.25) is 5.91 Å². The van der Waals surface area contributed by atoms with Crippen LogP contribution >= 0.6 is 22.9 Å². The number of aliphatic carboxylic acids is 1. The van der Waals surface area contributed by atoms with Crippen LogP contribution in [0.3, 0.4) is 0 Å². The van der Waals surface area contributed by atoms with Crippen molar-refractivity contribution in [3.63, 3.8) is 0 Å². The highest BCUT2D eigenvalue weighted by Crippen LogP contribution is 2.36. The SMILES string of the molecule is O=C(CCc1ccc(Cl)s1)N1CCC(C(=O)O)(c2ccccc2)CC1. The van der Waals surface area contributed by atoms with Crippen LogP contribution in [0.4, 0.5) is 0 Å². The summed E-state index contributed by atoms with van der Waals surface area (Å²) in [5.41, 5.74) is -0.0675. The summed E-state index contributed by atoms with van der Waals surface area (Å²) < 4.78 is 0.731. The lowest BCUT2D eigenvalue weighted by atomic mass is 9.73. The summed E-state index contributed by atoms with van der Waals surface area (Å²) >= 11 is 7.41. The van der Waals surface area contributed by atoms with E-state index in [4.69, 9.17) is 11.6 Å². The van der Waals surface area contributed by atoms with Crippen molar-refractivity contribution in [3.8, 4) is 0 Å². The van der Waals surface area contributed by atoms with Gasteiger partial charge in [-0.2, -0.15) is 0 Å². The van der Waals surface area contributed by atoms with Crippen molar-refractivity contribution in [2.24, 2.45) is 0 Å². The molecule has 0 spiro atoms. The fourth-order valence-corrected chi connectivity index (χ4v) is 4.48. The van der Waals surface area contributed by atoms with Crippen molar-refractivity contribution >= 4 is 34.8 Å². The Labute approximate surface area is 156 Å². The van der Waals surface area contributed by atoms with Crippen molar-refractivity contribution in [3.05, 3.63) is 57.2 Å². The van der Waals surface area contributed by atoms with Gasteiger partial charge in [0.1, 0.15) is 0 Å². The first kappa shape index (κ1) is 18.0. The molecule has 132 valence electrons. The standard InChI is InChI=1S/C19H20ClNO3S/c20-16-8-6-15(25-16)7-9-17(22)21-12-10-19(11-13-21,18(23)24)14-4-2-1-3-5-14/h1-6,8H,7,9-13H2,(H,23,24). The molecule has 0 aliphatic carbocycles. The van der Waals surface area contributed by atoms with Crippen molar-refractivity contribution in [1.82, 2.24) is 4.90 Å². The number of aryl methyl sites for hydroxylation is 1.